The number of pyridine rings is 1. The molecule has 0 fully saturated rings. The molecule has 3 aromatic rings. The molecule has 35 heavy (non-hydrogen) atoms. The van der Waals surface area contributed by atoms with E-state index in [1.807, 2.05) is 26.0 Å². The van der Waals surface area contributed by atoms with E-state index in [4.69, 9.17) is 9.47 Å². The molecular formula is C26H27F3N2O4. The van der Waals surface area contributed by atoms with Gasteiger partial charge in [-0.05, 0) is 52.9 Å². The molecule has 6 nitrogen and oxygen atoms in total. The first-order chi connectivity index (χ1) is 16.5. The maximum atomic E-state index is 13.6. The summed E-state index contributed by atoms with van der Waals surface area (Å²) < 4.78 is 51.2. The normalized spacial score (nSPS) is 11.4. The number of rotatable bonds is 7. The quantitative estimate of drug-likeness (QED) is 0.418. The van der Waals surface area contributed by atoms with Crippen molar-refractivity contribution in [1.82, 2.24) is 9.88 Å². The van der Waals surface area contributed by atoms with Crippen LogP contribution in [0.2, 0.25) is 0 Å². The minimum absolute atomic E-state index is 0.120. The summed E-state index contributed by atoms with van der Waals surface area (Å²) in [7, 11) is 2.67. The lowest BCUT2D eigenvalue weighted by Crippen LogP contribution is -2.30. The molecule has 0 radical (unpaired) electrons. The summed E-state index contributed by atoms with van der Waals surface area (Å²) in [6.45, 7) is 3.69. The maximum Gasteiger partial charge on any atom is 0.416 e. The monoisotopic (exact) mass is 488 g/mol. The minimum Gasteiger partial charge on any atom is -0.496 e. The Morgan fingerprint density at radius 2 is 1.74 bits per heavy atom. The smallest absolute Gasteiger partial charge is 0.416 e. The van der Waals surface area contributed by atoms with E-state index in [0.29, 0.717) is 22.4 Å². The van der Waals surface area contributed by atoms with Crippen molar-refractivity contribution >= 4 is 6.09 Å². The van der Waals surface area contributed by atoms with Crippen molar-refractivity contribution in [2.45, 2.75) is 39.0 Å². The van der Waals surface area contributed by atoms with Gasteiger partial charge in [-0.15, -0.1) is 0 Å². The Hall–Kier alpha value is -3.75. The van der Waals surface area contributed by atoms with Gasteiger partial charge in [-0.3, -0.25) is 4.90 Å². The number of alkyl halides is 3. The maximum absolute atomic E-state index is 13.6. The second-order valence-electron chi connectivity index (χ2n) is 8.30. The highest BCUT2D eigenvalue weighted by Gasteiger charge is 2.32. The summed E-state index contributed by atoms with van der Waals surface area (Å²) in [6.07, 6.45) is -3.95. The van der Waals surface area contributed by atoms with Gasteiger partial charge in [-0.1, -0.05) is 32.0 Å². The highest BCUT2D eigenvalue weighted by Crippen LogP contribution is 2.39. The first kappa shape index (κ1) is 25.9. The lowest BCUT2D eigenvalue weighted by atomic mass is 9.92. The SMILES string of the molecule is COC(=O)N(Cc1cc(C(F)(F)F)ccc1-c1cc(C(C)C)ccc1OC)Cc1cccnc1O. The van der Waals surface area contributed by atoms with Gasteiger partial charge in [-0.2, -0.15) is 13.2 Å². The van der Waals surface area contributed by atoms with Gasteiger partial charge in [0.05, 0.1) is 26.3 Å². The second kappa shape index (κ2) is 10.7. The number of hydrogen-bond donors (Lipinski definition) is 1. The zero-order valence-corrected chi connectivity index (χ0v) is 19.9. The molecule has 0 saturated carbocycles. The number of carbonyl (C=O) groups is 1. The van der Waals surface area contributed by atoms with Gasteiger partial charge in [0.1, 0.15) is 5.75 Å². The zero-order valence-electron chi connectivity index (χ0n) is 19.9. The number of halogens is 3. The Morgan fingerprint density at radius 1 is 1.03 bits per heavy atom. The van der Waals surface area contributed by atoms with Gasteiger partial charge >= 0.3 is 12.3 Å². The first-order valence-corrected chi connectivity index (χ1v) is 10.9. The fraction of sp³-hybridized carbons (Fsp3) is 0.308. The summed E-state index contributed by atoms with van der Waals surface area (Å²) >= 11 is 0. The fourth-order valence-corrected chi connectivity index (χ4v) is 3.74. The van der Waals surface area contributed by atoms with Crippen LogP contribution >= 0.6 is 0 Å². The highest BCUT2D eigenvalue weighted by atomic mass is 19.4. The van der Waals surface area contributed by atoms with Gasteiger partial charge in [-0.25, -0.2) is 9.78 Å². The molecule has 2 aromatic carbocycles. The zero-order chi connectivity index (χ0) is 25.8. The molecule has 0 saturated heterocycles. The third kappa shape index (κ3) is 6.03. The standard InChI is InChI=1S/C26H27F3N2O4/c1-16(2)17-7-10-23(34-3)22(13-17)21-9-8-20(26(27,28)29)12-19(21)15-31(25(33)35-4)14-18-6-5-11-30-24(18)32/h5-13,16H,14-15H2,1-4H3,(H,30,32). The van der Waals surface area contributed by atoms with Crippen LogP contribution in [0.15, 0.2) is 54.7 Å². The van der Waals surface area contributed by atoms with Crippen LogP contribution in [-0.2, 0) is 24.0 Å². The Bertz CT molecular complexity index is 1200. The molecule has 1 N–H and O–H groups in total. The van der Waals surface area contributed by atoms with E-state index < -0.39 is 17.8 Å². The summed E-state index contributed by atoms with van der Waals surface area (Å²) in [5.74, 6) is 0.389. The molecule has 0 unspecified atom stereocenters. The number of nitrogens with zero attached hydrogens (tertiary/aromatic N) is 2. The fourth-order valence-electron chi connectivity index (χ4n) is 3.74. The predicted octanol–water partition coefficient (Wildman–Crippen LogP) is 6.37. The van der Waals surface area contributed by atoms with E-state index in [0.717, 1.165) is 17.7 Å². The van der Waals surface area contributed by atoms with Crippen molar-refractivity contribution in [3.05, 3.63) is 77.0 Å². The van der Waals surface area contributed by atoms with Crippen LogP contribution in [-0.4, -0.2) is 35.3 Å². The third-order valence-corrected chi connectivity index (χ3v) is 5.64. The van der Waals surface area contributed by atoms with E-state index in [9.17, 15) is 23.1 Å². The molecule has 0 aliphatic rings. The number of carbonyl (C=O) groups excluding carboxylic acids is 1. The van der Waals surface area contributed by atoms with E-state index in [1.54, 1.807) is 18.2 Å². The number of benzene rings is 2. The van der Waals surface area contributed by atoms with E-state index in [1.165, 1.54) is 31.4 Å². The van der Waals surface area contributed by atoms with E-state index >= 15 is 0 Å². The summed E-state index contributed by atoms with van der Waals surface area (Å²) in [5.41, 5.74) is 1.80. The van der Waals surface area contributed by atoms with Gasteiger partial charge in [0.25, 0.3) is 0 Å². The third-order valence-electron chi connectivity index (χ3n) is 5.64. The number of aromatic hydroxyl groups is 1. The van der Waals surface area contributed by atoms with Crippen molar-refractivity contribution < 1.29 is 32.5 Å². The first-order valence-electron chi connectivity index (χ1n) is 10.9. The molecule has 186 valence electrons. The van der Waals surface area contributed by atoms with Crippen LogP contribution in [0.1, 0.15) is 42.0 Å². The van der Waals surface area contributed by atoms with Crippen molar-refractivity contribution in [3.8, 4) is 22.8 Å². The summed E-state index contributed by atoms with van der Waals surface area (Å²) in [5, 5.41) is 10.1. The van der Waals surface area contributed by atoms with E-state index in [2.05, 4.69) is 4.98 Å². The van der Waals surface area contributed by atoms with Gasteiger partial charge < -0.3 is 14.6 Å². The van der Waals surface area contributed by atoms with Gasteiger partial charge in [0.2, 0.25) is 5.88 Å². The van der Waals surface area contributed by atoms with Gasteiger partial charge in [0.15, 0.2) is 0 Å². The Morgan fingerprint density at radius 3 is 2.34 bits per heavy atom. The average molecular weight is 489 g/mol. The molecule has 0 spiro atoms. The number of ether oxygens (including phenoxy) is 2. The van der Waals surface area contributed by atoms with Crippen LogP contribution in [0.3, 0.4) is 0 Å². The molecule has 0 aliphatic heterocycles. The topological polar surface area (TPSA) is 71.9 Å². The number of methoxy groups -OCH3 is 2. The van der Waals surface area contributed by atoms with Crippen LogP contribution in [0, 0.1) is 0 Å². The lowest BCUT2D eigenvalue weighted by Gasteiger charge is -2.24. The van der Waals surface area contributed by atoms with Crippen LogP contribution in [0.5, 0.6) is 11.6 Å². The number of amides is 1. The van der Waals surface area contributed by atoms with Gasteiger partial charge in [0, 0.05) is 23.9 Å². The molecule has 0 aliphatic carbocycles. The lowest BCUT2D eigenvalue weighted by molar-refractivity contribution is -0.137. The van der Waals surface area contributed by atoms with Crippen molar-refractivity contribution in [2.24, 2.45) is 0 Å². The molecule has 3 rings (SSSR count). The molecule has 0 atom stereocenters. The molecular weight excluding hydrogens is 461 g/mol. The Kier molecular flexibility index (Phi) is 7.89. The molecule has 1 aromatic heterocycles. The molecule has 0 bridgehead atoms. The highest BCUT2D eigenvalue weighted by molar-refractivity contribution is 5.76. The Balaban J connectivity index is 2.15. The summed E-state index contributed by atoms with van der Waals surface area (Å²) in [6, 6.07) is 12.1. The minimum atomic E-state index is -4.57. The molecule has 1 heterocycles. The average Bonchev–Trinajstić information content (AvgIpc) is 2.83. The molecule has 9 heteroatoms. The van der Waals surface area contributed by atoms with E-state index in [-0.39, 0.29) is 30.5 Å². The number of hydrogen-bond acceptors (Lipinski definition) is 5. The largest absolute Gasteiger partial charge is 0.496 e. The number of aromatic nitrogens is 1. The second-order valence-corrected chi connectivity index (χ2v) is 8.30. The van der Waals surface area contributed by atoms with Crippen LogP contribution in [0.4, 0.5) is 18.0 Å². The van der Waals surface area contributed by atoms with Crippen LogP contribution in [0.25, 0.3) is 11.1 Å². The predicted molar refractivity (Wildman–Crippen MR) is 125 cm³/mol. The molecule has 1 amide bonds. The summed E-state index contributed by atoms with van der Waals surface area (Å²) in [4.78, 5) is 17.6. The Labute approximate surface area is 201 Å². The van der Waals surface area contributed by atoms with Crippen LogP contribution < -0.4 is 4.74 Å². The van der Waals surface area contributed by atoms with Crippen molar-refractivity contribution in [3.63, 3.8) is 0 Å². The van der Waals surface area contributed by atoms with Crippen molar-refractivity contribution in [1.29, 1.82) is 0 Å². The van der Waals surface area contributed by atoms with Crippen molar-refractivity contribution in [2.75, 3.05) is 14.2 Å².